The molecule has 1 aliphatic rings. The van der Waals surface area contributed by atoms with E-state index in [1.54, 1.807) is 18.9 Å². The molecule has 1 aromatic heterocycles. The number of aromatic nitrogens is 1. The van der Waals surface area contributed by atoms with Crippen LogP contribution in [0.2, 0.25) is 0 Å². The lowest BCUT2D eigenvalue weighted by molar-refractivity contribution is -0.151. The number of aromatic amines is 1. The number of amides is 3. The molecular formula is C24H32N4O5. The highest BCUT2D eigenvalue weighted by molar-refractivity contribution is 5.91. The maximum atomic E-state index is 13.1. The summed E-state index contributed by atoms with van der Waals surface area (Å²) >= 11 is 0. The zero-order valence-corrected chi connectivity index (χ0v) is 19.4. The van der Waals surface area contributed by atoms with Crippen LogP contribution in [0.5, 0.6) is 0 Å². The van der Waals surface area contributed by atoms with E-state index in [0.717, 1.165) is 16.5 Å². The molecule has 0 radical (unpaired) electrons. The van der Waals surface area contributed by atoms with Gasteiger partial charge in [0.2, 0.25) is 17.7 Å². The summed E-state index contributed by atoms with van der Waals surface area (Å²) in [6, 6.07) is 6.97. The monoisotopic (exact) mass is 456 g/mol. The van der Waals surface area contributed by atoms with Gasteiger partial charge in [-0.15, -0.1) is 0 Å². The molecule has 1 aliphatic heterocycles. The van der Waals surface area contributed by atoms with E-state index in [1.165, 1.54) is 11.8 Å². The first-order chi connectivity index (χ1) is 15.8. The van der Waals surface area contributed by atoms with Gasteiger partial charge in [0.15, 0.2) is 0 Å². The topological polar surface area (TPSA) is 112 Å². The van der Waals surface area contributed by atoms with E-state index in [1.807, 2.05) is 30.5 Å². The van der Waals surface area contributed by atoms with E-state index in [4.69, 9.17) is 4.74 Å². The molecule has 9 nitrogen and oxygen atoms in total. The number of piperidine rings is 1. The molecule has 0 bridgehead atoms. The summed E-state index contributed by atoms with van der Waals surface area (Å²) in [5, 5.41) is 3.72. The quantitative estimate of drug-likeness (QED) is 0.585. The van der Waals surface area contributed by atoms with E-state index < -0.39 is 6.04 Å². The van der Waals surface area contributed by atoms with Gasteiger partial charge in [-0.2, -0.15) is 0 Å². The number of esters is 1. The van der Waals surface area contributed by atoms with Crippen LogP contribution in [0.15, 0.2) is 30.5 Å². The third-order valence-electron chi connectivity index (χ3n) is 5.99. The number of hydrogen-bond acceptors (Lipinski definition) is 5. The molecule has 2 N–H and O–H groups in total. The van der Waals surface area contributed by atoms with E-state index in [2.05, 4.69) is 10.3 Å². The molecule has 2 heterocycles. The summed E-state index contributed by atoms with van der Waals surface area (Å²) < 4.78 is 5.07. The van der Waals surface area contributed by atoms with E-state index in [-0.39, 0.29) is 36.2 Å². The van der Waals surface area contributed by atoms with Gasteiger partial charge in [-0.05, 0) is 31.4 Å². The van der Waals surface area contributed by atoms with Crippen LogP contribution in [0.1, 0.15) is 32.3 Å². The van der Waals surface area contributed by atoms with Crippen LogP contribution in [0, 0.1) is 5.92 Å². The molecule has 1 saturated heterocycles. The number of fused-ring (bicyclic) bond motifs is 1. The number of hydrogen-bond donors (Lipinski definition) is 2. The van der Waals surface area contributed by atoms with Crippen molar-refractivity contribution in [2.24, 2.45) is 5.92 Å². The molecular weight excluding hydrogens is 424 g/mol. The van der Waals surface area contributed by atoms with Gasteiger partial charge in [-0.3, -0.25) is 19.2 Å². The fraction of sp³-hybridized carbons (Fsp3) is 0.500. The number of nitrogens with one attached hydrogen (secondary N) is 2. The molecule has 3 rings (SSSR count). The summed E-state index contributed by atoms with van der Waals surface area (Å²) in [4.78, 5) is 55.8. The van der Waals surface area contributed by atoms with Crippen molar-refractivity contribution in [3.05, 3.63) is 36.0 Å². The van der Waals surface area contributed by atoms with Gasteiger partial charge in [0.1, 0.15) is 6.04 Å². The first-order valence-electron chi connectivity index (χ1n) is 11.3. The second kappa shape index (κ2) is 11.0. The Morgan fingerprint density at radius 1 is 1.21 bits per heavy atom. The van der Waals surface area contributed by atoms with Crippen LogP contribution in [-0.2, 0) is 30.3 Å². The van der Waals surface area contributed by atoms with Gasteiger partial charge in [-0.1, -0.05) is 18.2 Å². The first kappa shape index (κ1) is 24.3. The highest BCUT2D eigenvalue weighted by atomic mass is 16.5. The minimum Gasteiger partial charge on any atom is -0.466 e. The fourth-order valence-corrected chi connectivity index (χ4v) is 4.24. The predicted octanol–water partition coefficient (Wildman–Crippen LogP) is 1.48. The molecule has 1 aromatic carbocycles. The van der Waals surface area contributed by atoms with Crippen LogP contribution in [-0.4, -0.2) is 77.8 Å². The number of rotatable bonds is 8. The number of nitrogens with zero attached hydrogens (tertiary/aromatic N) is 2. The minimum absolute atomic E-state index is 0.0904. The molecule has 1 atom stereocenters. The molecule has 178 valence electrons. The Hall–Kier alpha value is -3.36. The van der Waals surface area contributed by atoms with Gasteiger partial charge in [-0.25, -0.2) is 0 Å². The fourth-order valence-electron chi connectivity index (χ4n) is 4.24. The maximum Gasteiger partial charge on any atom is 0.309 e. The van der Waals surface area contributed by atoms with Gasteiger partial charge in [0, 0.05) is 50.6 Å². The molecule has 0 saturated carbocycles. The number of para-hydroxylation sites is 1. The standard InChI is InChI=1S/C24H32N4O5/c1-4-33-24(32)17-9-11-28(12-10-17)22(30)15-27(3)23(31)21(26-16(2)29)13-18-14-25-20-8-6-5-7-19(18)20/h5-8,14,17,21,25H,4,9-13,15H2,1-3H3,(H,26,29). The molecule has 2 aromatic rings. The number of ether oxygens (including phenoxy) is 1. The summed E-state index contributed by atoms with van der Waals surface area (Å²) in [6.07, 6.45) is 3.26. The lowest BCUT2D eigenvalue weighted by Gasteiger charge is -2.32. The smallest absolute Gasteiger partial charge is 0.309 e. The van der Waals surface area contributed by atoms with Crippen LogP contribution < -0.4 is 5.32 Å². The van der Waals surface area contributed by atoms with Gasteiger partial charge in [0.25, 0.3) is 0 Å². The largest absolute Gasteiger partial charge is 0.466 e. The molecule has 0 spiro atoms. The van der Waals surface area contributed by atoms with Crippen molar-refractivity contribution in [1.29, 1.82) is 0 Å². The van der Waals surface area contributed by atoms with E-state index in [9.17, 15) is 19.2 Å². The zero-order valence-electron chi connectivity index (χ0n) is 19.4. The number of likely N-dealkylation sites (tertiary alicyclic amines) is 1. The summed E-state index contributed by atoms with van der Waals surface area (Å²) in [5.41, 5.74) is 1.87. The highest BCUT2D eigenvalue weighted by Gasteiger charge is 2.30. The Kier molecular flexibility index (Phi) is 8.08. The van der Waals surface area contributed by atoms with Gasteiger partial charge >= 0.3 is 5.97 Å². The Balaban J connectivity index is 1.60. The van der Waals surface area contributed by atoms with Crippen molar-refractivity contribution in [2.45, 2.75) is 39.2 Å². The second-order valence-corrected chi connectivity index (χ2v) is 8.42. The molecule has 0 aliphatic carbocycles. The van der Waals surface area contributed by atoms with Crippen molar-refractivity contribution in [1.82, 2.24) is 20.1 Å². The molecule has 9 heteroatoms. The van der Waals surface area contributed by atoms with Crippen molar-refractivity contribution in [3.8, 4) is 0 Å². The van der Waals surface area contributed by atoms with Crippen LogP contribution in [0.3, 0.4) is 0 Å². The number of likely N-dealkylation sites (N-methyl/N-ethyl adjacent to an activating group) is 1. The van der Waals surface area contributed by atoms with E-state index in [0.29, 0.717) is 39.0 Å². The number of benzene rings is 1. The van der Waals surface area contributed by atoms with Crippen molar-refractivity contribution in [2.75, 3.05) is 33.3 Å². The third-order valence-corrected chi connectivity index (χ3v) is 5.99. The summed E-state index contributed by atoms with van der Waals surface area (Å²) in [5.74, 6) is -1.22. The van der Waals surface area contributed by atoms with Crippen LogP contribution in [0.25, 0.3) is 10.9 Å². The lowest BCUT2D eigenvalue weighted by atomic mass is 9.97. The van der Waals surface area contributed by atoms with Gasteiger partial charge < -0.3 is 24.8 Å². The van der Waals surface area contributed by atoms with Crippen LogP contribution >= 0.6 is 0 Å². The Morgan fingerprint density at radius 3 is 2.58 bits per heavy atom. The maximum absolute atomic E-state index is 13.1. The average Bonchev–Trinajstić information content (AvgIpc) is 3.21. The highest BCUT2D eigenvalue weighted by Crippen LogP contribution is 2.21. The first-order valence-corrected chi connectivity index (χ1v) is 11.3. The normalized spacial score (nSPS) is 15.2. The molecule has 3 amide bonds. The minimum atomic E-state index is -0.783. The molecule has 1 unspecified atom stereocenters. The zero-order chi connectivity index (χ0) is 24.0. The van der Waals surface area contributed by atoms with Crippen molar-refractivity contribution in [3.63, 3.8) is 0 Å². The molecule has 33 heavy (non-hydrogen) atoms. The summed E-state index contributed by atoms with van der Waals surface area (Å²) in [7, 11) is 1.57. The van der Waals surface area contributed by atoms with E-state index >= 15 is 0 Å². The van der Waals surface area contributed by atoms with Crippen LogP contribution in [0.4, 0.5) is 0 Å². The van der Waals surface area contributed by atoms with Crippen molar-refractivity contribution >= 4 is 34.6 Å². The Morgan fingerprint density at radius 2 is 1.91 bits per heavy atom. The number of carbonyl (C=O) groups excluding carboxylic acids is 4. The number of H-pyrrole nitrogens is 1. The Labute approximate surface area is 193 Å². The van der Waals surface area contributed by atoms with Crippen molar-refractivity contribution < 1.29 is 23.9 Å². The molecule has 1 fully saturated rings. The number of carbonyl (C=O) groups is 4. The second-order valence-electron chi connectivity index (χ2n) is 8.42. The lowest BCUT2D eigenvalue weighted by Crippen LogP contribution is -2.51. The average molecular weight is 457 g/mol. The summed E-state index contributed by atoms with van der Waals surface area (Å²) in [6.45, 7) is 4.31. The Bertz CT molecular complexity index is 1010. The van der Waals surface area contributed by atoms with Gasteiger partial charge in [0.05, 0.1) is 19.1 Å². The third kappa shape index (κ3) is 6.12. The predicted molar refractivity (Wildman–Crippen MR) is 123 cm³/mol. The SMILES string of the molecule is CCOC(=O)C1CCN(C(=O)CN(C)C(=O)C(Cc2c[nH]c3ccccc23)NC(C)=O)CC1.